The van der Waals surface area contributed by atoms with E-state index in [1.54, 1.807) is 0 Å². The third-order valence-corrected chi connectivity index (χ3v) is 5.24. The molecule has 0 spiro atoms. The first-order chi connectivity index (χ1) is 12.3. The average molecular weight is 337 g/mol. The van der Waals surface area contributed by atoms with Gasteiger partial charge < -0.3 is 10.1 Å². The van der Waals surface area contributed by atoms with Crippen molar-refractivity contribution in [3.63, 3.8) is 0 Å². The van der Waals surface area contributed by atoms with Crippen molar-refractivity contribution in [2.75, 3.05) is 13.7 Å². The third-order valence-electron chi connectivity index (χ3n) is 5.24. The number of hydrogen-bond donors (Lipinski definition) is 1. The van der Waals surface area contributed by atoms with Crippen LogP contribution < -0.4 is 5.32 Å². The fraction of sp³-hybridized carbons (Fsp3) is 0.409. The first-order valence-corrected chi connectivity index (χ1v) is 9.19. The molecule has 2 atom stereocenters. The zero-order chi connectivity index (χ0) is 17.5. The summed E-state index contributed by atoms with van der Waals surface area (Å²) in [4.78, 5) is 11.7. The van der Waals surface area contributed by atoms with E-state index in [0.717, 1.165) is 32.2 Å². The van der Waals surface area contributed by atoms with Gasteiger partial charge in [0, 0.05) is 12.0 Å². The van der Waals surface area contributed by atoms with Crippen molar-refractivity contribution < 1.29 is 9.53 Å². The van der Waals surface area contributed by atoms with E-state index in [-0.39, 0.29) is 11.9 Å². The largest absolute Gasteiger partial charge is 0.469 e. The van der Waals surface area contributed by atoms with E-state index in [1.165, 1.54) is 18.2 Å². The van der Waals surface area contributed by atoms with Gasteiger partial charge in [-0.1, -0.05) is 60.7 Å². The summed E-state index contributed by atoms with van der Waals surface area (Å²) in [5.74, 6) is 0.407. The SMILES string of the molecule is COC(=O)C1CC[C@H](NCCC(c2ccccc2)c2ccccc2)C1. The fourth-order valence-electron chi connectivity index (χ4n) is 3.88. The van der Waals surface area contributed by atoms with Gasteiger partial charge in [0.05, 0.1) is 13.0 Å². The number of benzene rings is 2. The van der Waals surface area contributed by atoms with Gasteiger partial charge in [-0.2, -0.15) is 0 Å². The molecule has 0 amide bonds. The Balaban J connectivity index is 1.58. The summed E-state index contributed by atoms with van der Waals surface area (Å²) in [7, 11) is 1.48. The summed E-state index contributed by atoms with van der Waals surface area (Å²) >= 11 is 0. The van der Waals surface area contributed by atoms with Crippen molar-refractivity contribution in [1.82, 2.24) is 5.32 Å². The number of carbonyl (C=O) groups is 1. The molecule has 2 aromatic carbocycles. The van der Waals surface area contributed by atoms with E-state index >= 15 is 0 Å². The lowest BCUT2D eigenvalue weighted by Crippen LogP contribution is -2.29. The average Bonchev–Trinajstić information content (AvgIpc) is 3.15. The monoisotopic (exact) mass is 337 g/mol. The molecule has 1 aliphatic carbocycles. The minimum atomic E-state index is -0.0595. The lowest BCUT2D eigenvalue weighted by molar-refractivity contribution is -0.145. The molecule has 1 fully saturated rings. The Morgan fingerprint density at radius 2 is 1.64 bits per heavy atom. The maximum Gasteiger partial charge on any atom is 0.308 e. The topological polar surface area (TPSA) is 38.3 Å². The van der Waals surface area contributed by atoms with Crippen molar-refractivity contribution in [1.29, 1.82) is 0 Å². The summed E-state index contributed by atoms with van der Waals surface area (Å²) in [6.45, 7) is 0.951. The molecule has 1 saturated carbocycles. The maximum absolute atomic E-state index is 11.7. The Morgan fingerprint density at radius 3 is 2.20 bits per heavy atom. The van der Waals surface area contributed by atoms with E-state index < -0.39 is 0 Å². The lowest BCUT2D eigenvalue weighted by Gasteiger charge is -2.20. The molecular formula is C22H27NO2. The Bertz CT molecular complexity index is 617. The van der Waals surface area contributed by atoms with Crippen LogP contribution in [0.5, 0.6) is 0 Å². The number of ether oxygens (including phenoxy) is 1. The van der Waals surface area contributed by atoms with Crippen LogP contribution in [0.4, 0.5) is 0 Å². The summed E-state index contributed by atoms with van der Waals surface area (Å²) in [5.41, 5.74) is 2.71. The van der Waals surface area contributed by atoms with Crippen LogP contribution in [0.2, 0.25) is 0 Å². The molecule has 0 bridgehead atoms. The zero-order valence-corrected chi connectivity index (χ0v) is 14.9. The highest BCUT2D eigenvalue weighted by Crippen LogP contribution is 2.29. The molecule has 0 aliphatic heterocycles. The number of carbonyl (C=O) groups excluding carboxylic acids is 1. The van der Waals surface area contributed by atoms with Gasteiger partial charge in [-0.3, -0.25) is 4.79 Å². The minimum absolute atomic E-state index is 0.0595. The molecule has 1 unspecified atom stereocenters. The van der Waals surface area contributed by atoms with Crippen LogP contribution in [0.25, 0.3) is 0 Å². The molecule has 3 heteroatoms. The van der Waals surface area contributed by atoms with Crippen molar-refractivity contribution in [2.45, 2.75) is 37.6 Å². The van der Waals surface area contributed by atoms with E-state index in [2.05, 4.69) is 66.0 Å². The highest BCUT2D eigenvalue weighted by Gasteiger charge is 2.30. The van der Waals surface area contributed by atoms with Gasteiger partial charge in [0.25, 0.3) is 0 Å². The smallest absolute Gasteiger partial charge is 0.308 e. The van der Waals surface area contributed by atoms with Crippen LogP contribution >= 0.6 is 0 Å². The Kier molecular flexibility index (Phi) is 6.24. The molecule has 3 rings (SSSR count). The molecule has 0 saturated heterocycles. The van der Waals surface area contributed by atoms with E-state index in [9.17, 15) is 4.79 Å². The van der Waals surface area contributed by atoms with Gasteiger partial charge in [-0.25, -0.2) is 0 Å². The zero-order valence-electron chi connectivity index (χ0n) is 14.9. The molecule has 1 aliphatic rings. The predicted octanol–water partition coefficient (Wildman–Crippen LogP) is 4.14. The van der Waals surface area contributed by atoms with E-state index in [1.807, 2.05) is 0 Å². The molecule has 1 N–H and O–H groups in total. The summed E-state index contributed by atoms with van der Waals surface area (Å²) < 4.78 is 4.87. The first-order valence-electron chi connectivity index (χ1n) is 9.19. The van der Waals surface area contributed by atoms with Gasteiger partial charge in [0.15, 0.2) is 0 Å². The van der Waals surface area contributed by atoms with Crippen LogP contribution in [0.3, 0.4) is 0 Å². The predicted molar refractivity (Wildman–Crippen MR) is 100 cm³/mol. The first kappa shape index (κ1) is 17.7. The van der Waals surface area contributed by atoms with Crippen LogP contribution in [0, 0.1) is 5.92 Å². The summed E-state index contributed by atoms with van der Waals surface area (Å²) in [6.07, 6.45) is 3.94. The van der Waals surface area contributed by atoms with E-state index in [4.69, 9.17) is 4.74 Å². The van der Waals surface area contributed by atoms with Gasteiger partial charge >= 0.3 is 5.97 Å². The molecule has 3 nitrogen and oxygen atoms in total. The van der Waals surface area contributed by atoms with Gasteiger partial charge in [-0.15, -0.1) is 0 Å². The van der Waals surface area contributed by atoms with Crippen LogP contribution in [-0.2, 0) is 9.53 Å². The van der Waals surface area contributed by atoms with Gasteiger partial charge in [0.2, 0.25) is 0 Å². The molecule has 132 valence electrons. The Morgan fingerprint density at radius 1 is 1.04 bits per heavy atom. The molecule has 0 heterocycles. The summed E-state index contributed by atoms with van der Waals surface area (Å²) in [5, 5.41) is 3.65. The highest BCUT2D eigenvalue weighted by molar-refractivity contribution is 5.72. The second-order valence-electron chi connectivity index (χ2n) is 6.85. The van der Waals surface area contributed by atoms with E-state index in [0.29, 0.717) is 12.0 Å². The number of methoxy groups -OCH3 is 1. The van der Waals surface area contributed by atoms with Crippen molar-refractivity contribution >= 4 is 5.97 Å². The minimum Gasteiger partial charge on any atom is -0.469 e. The normalized spacial score (nSPS) is 19.9. The van der Waals surface area contributed by atoms with Gasteiger partial charge in [-0.05, 0) is 43.4 Å². The number of rotatable bonds is 7. The second-order valence-corrected chi connectivity index (χ2v) is 6.85. The molecule has 0 aromatic heterocycles. The Hall–Kier alpha value is -2.13. The van der Waals surface area contributed by atoms with Crippen molar-refractivity contribution in [3.05, 3.63) is 71.8 Å². The van der Waals surface area contributed by atoms with Crippen molar-refractivity contribution in [3.8, 4) is 0 Å². The lowest BCUT2D eigenvalue weighted by atomic mass is 9.88. The maximum atomic E-state index is 11.7. The van der Waals surface area contributed by atoms with Crippen LogP contribution in [-0.4, -0.2) is 25.7 Å². The number of esters is 1. The fourth-order valence-corrected chi connectivity index (χ4v) is 3.88. The molecular weight excluding hydrogens is 310 g/mol. The second kappa shape index (κ2) is 8.82. The van der Waals surface area contributed by atoms with Crippen LogP contribution in [0.1, 0.15) is 42.7 Å². The van der Waals surface area contributed by atoms with Crippen molar-refractivity contribution in [2.24, 2.45) is 5.92 Å². The highest BCUT2D eigenvalue weighted by atomic mass is 16.5. The molecule has 25 heavy (non-hydrogen) atoms. The number of hydrogen-bond acceptors (Lipinski definition) is 3. The Labute approximate surface area is 150 Å². The van der Waals surface area contributed by atoms with Crippen LogP contribution in [0.15, 0.2) is 60.7 Å². The quantitative estimate of drug-likeness (QED) is 0.772. The number of nitrogens with one attached hydrogen (secondary N) is 1. The van der Waals surface area contributed by atoms with Gasteiger partial charge in [0.1, 0.15) is 0 Å². The summed E-state index contributed by atoms with van der Waals surface area (Å²) in [6, 6.07) is 21.8. The molecule has 0 radical (unpaired) electrons. The molecule has 2 aromatic rings. The standard InChI is InChI=1S/C22H27NO2/c1-25-22(24)19-12-13-20(16-19)23-15-14-21(17-8-4-2-5-9-17)18-10-6-3-7-11-18/h2-11,19-21,23H,12-16H2,1H3/t19?,20-/m0/s1. The third kappa shape index (κ3) is 4.70.